The Hall–Kier alpha value is -4.93. The molecule has 1 aromatic heterocycles. The van der Waals surface area contributed by atoms with E-state index in [1.54, 1.807) is 59.3 Å². The number of aromatic nitrogens is 1. The number of likely N-dealkylation sites (tertiary alicyclic amines) is 1. The number of rotatable bonds is 9. The standard InChI is InChI=1S/C32H33FN6O4/c1-5-20(14-35-34-4)21-8-10-28-26(11-21)27(19(3)40)17-38(28)18-30(41)39-16-23(33)12-29(39)31(42)36-24-9-7-22-15-37(6-2)32(43)25(22)13-24/h5,7-11,13-14,17,23,29H,1,6,12,15-16,18H2,2-4H3,(H,36,42)/b20-14+,35-34?/t23-,29+/m1/s1. The molecule has 43 heavy (non-hydrogen) atoms. The summed E-state index contributed by atoms with van der Waals surface area (Å²) in [6.07, 6.45) is 3.31. The lowest BCUT2D eigenvalue weighted by Gasteiger charge is -2.24. The van der Waals surface area contributed by atoms with E-state index in [9.17, 15) is 23.6 Å². The summed E-state index contributed by atoms with van der Waals surface area (Å²) in [5.41, 5.74) is 4.37. The van der Waals surface area contributed by atoms with E-state index < -0.39 is 24.0 Å². The summed E-state index contributed by atoms with van der Waals surface area (Å²) in [6, 6.07) is 9.57. The van der Waals surface area contributed by atoms with Crippen LogP contribution in [0.25, 0.3) is 16.5 Å². The number of halogens is 1. The van der Waals surface area contributed by atoms with Crippen LogP contribution in [0.5, 0.6) is 0 Å². The van der Waals surface area contributed by atoms with Gasteiger partial charge in [0.1, 0.15) is 18.8 Å². The summed E-state index contributed by atoms with van der Waals surface area (Å²) in [5.74, 6) is -1.25. The zero-order valence-electron chi connectivity index (χ0n) is 24.3. The summed E-state index contributed by atoms with van der Waals surface area (Å²) >= 11 is 0. The number of nitrogens with one attached hydrogen (secondary N) is 1. The van der Waals surface area contributed by atoms with Crippen LogP contribution in [-0.2, 0) is 22.7 Å². The van der Waals surface area contributed by atoms with Crippen LogP contribution in [0.1, 0.15) is 52.1 Å². The van der Waals surface area contributed by atoms with Gasteiger partial charge in [0, 0.05) is 66.0 Å². The summed E-state index contributed by atoms with van der Waals surface area (Å²) in [5, 5.41) is 11.1. The monoisotopic (exact) mass is 584 g/mol. The van der Waals surface area contributed by atoms with Crippen molar-refractivity contribution in [2.45, 2.75) is 45.6 Å². The molecule has 5 rings (SSSR count). The highest BCUT2D eigenvalue weighted by Crippen LogP contribution is 2.30. The maximum Gasteiger partial charge on any atom is 0.254 e. The number of hydrogen-bond donors (Lipinski definition) is 1. The molecule has 1 fully saturated rings. The lowest BCUT2D eigenvalue weighted by molar-refractivity contribution is -0.137. The number of hydrogen-bond acceptors (Lipinski definition) is 6. The third-order valence-electron chi connectivity index (χ3n) is 7.94. The van der Waals surface area contributed by atoms with Crippen LogP contribution in [-0.4, -0.2) is 70.2 Å². The third-order valence-corrected chi connectivity index (χ3v) is 7.94. The Balaban J connectivity index is 1.37. The predicted molar refractivity (Wildman–Crippen MR) is 161 cm³/mol. The first kappa shape index (κ1) is 29.6. The average Bonchev–Trinajstić information content (AvgIpc) is 3.66. The minimum Gasteiger partial charge on any atom is -0.337 e. The Labute approximate surface area is 248 Å². The Kier molecular flexibility index (Phi) is 8.33. The molecule has 2 atom stereocenters. The fourth-order valence-corrected chi connectivity index (χ4v) is 5.72. The molecule has 0 spiro atoms. The fraction of sp³-hybridized carbons (Fsp3) is 0.312. The van der Waals surface area contributed by atoms with Crippen molar-refractivity contribution < 1.29 is 23.6 Å². The molecule has 3 amide bonds. The molecule has 10 nitrogen and oxygen atoms in total. The van der Waals surface area contributed by atoms with Crippen LogP contribution in [0.3, 0.4) is 0 Å². The minimum atomic E-state index is -1.36. The van der Waals surface area contributed by atoms with Crippen molar-refractivity contribution in [3.8, 4) is 0 Å². The molecule has 2 aliphatic rings. The number of Topliss-reactive ketones (excluding diaryl/α,β-unsaturated/α-hetero) is 1. The van der Waals surface area contributed by atoms with Crippen molar-refractivity contribution in [2.75, 3.05) is 25.5 Å². The van der Waals surface area contributed by atoms with Crippen molar-refractivity contribution in [3.05, 3.63) is 83.7 Å². The number of azo groups is 1. The minimum absolute atomic E-state index is 0.102. The maximum atomic E-state index is 14.6. The van der Waals surface area contributed by atoms with E-state index in [-0.39, 0.29) is 31.2 Å². The number of ketones is 1. The Morgan fingerprint density at radius 3 is 2.67 bits per heavy atom. The summed E-state index contributed by atoms with van der Waals surface area (Å²) < 4.78 is 16.3. The molecule has 1 N–H and O–H groups in total. The van der Waals surface area contributed by atoms with Crippen molar-refractivity contribution >= 4 is 45.7 Å². The van der Waals surface area contributed by atoms with E-state index in [1.165, 1.54) is 11.8 Å². The van der Waals surface area contributed by atoms with Gasteiger partial charge in [-0.1, -0.05) is 24.8 Å². The van der Waals surface area contributed by atoms with E-state index in [1.807, 2.05) is 19.1 Å². The molecule has 0 bridgehead atoms. The molecule has 3 aromatic rings. The van der Waals surface area contributed by atoms with E-state index in [0.717, 1.165) is 11.1 Å². The number of alkyl halides is 1. The molecule has 2 aromatic carbocycles. The molecule has 11 heteroatoms. The lowest BCUT2D eigenvalue weighted by Crippen LogP contribution is -2.44. The van der Waals surface area contributed by atoms with E-state index in [4.69, 9.17) is 0 Å². The van der Waals surface area contributed by atoms with Crippen LogP contribution >= 0.6 is 0 Å². The Morgan fingerprint density at radius 1 is 1.19 bits per heavy atom. The van der Waals surface area contributed by atoms with Gasteiger partial charge in [-0.2, -0.15) is 10.2 Å². The first-order valence-corrected chi connectivity index (χ1v) is 14.1. The number of nitrogens with zero attached hydrogens (tertiary/aromatic N) is 5. The van der Waals surface area contributed by atoms with Gasteiger partial charge in [0.25, 0.3) is 5.91 Å². The first-order valence-electron chi connectivity index (χ1n) is 14.1. The number of fused-ring (bicyclic) bond motifs is 2. The van der Waals surface area contributed by atoms with Crippen LogP contribution in [0.4, 0.5) is 10.1 Å². The van der Waals surface area contributed by atoms with Gasteiger partial charge >= 0.3 is 0 Å². The number of carbonyl (C=O) groups excluding carboxylic acids is 4. The van der Waals surface area contributed by atoms with Crippen LogP contribution in [0.2, 0.25) is 0 Å². The van der Waals surface area contributed by atoms with Gasteiger partial charge in [-0.05, 0) is 49.2 Å². The average molecular weight is 585 g/mol. The summed E-state index contributed by atoms with van der Waals surface area (Å²) in [7, 11) is 1.56. The predicted octanol–water partition coefficient (Wildman–Crippen LogP) is 5.01. The topological polar surface area (TPSA) is 116 Å². The highest BCUT2D eigenvalue weighted by Gasteiger charge is 2.40. The second kappa shape index (κ2) is 12.1. The molecule has 0 aliphatic carbocycles. The fourth-order valence-electron chi connectivity index (χ4n) is 5.72. The van der Waals surface area contributed by atoms with Gasteiger partial charge in [0.15, 0.2) is 5.78 Å². The maximum absolute atomic E-state index is 14.6. The molecule has 3 heterocycles. The number of carbonyl (C=O) groups is 4. The molecule has 0 radical (unpaired) electrons. The lowest BCUT2D eigenvalue weighted by atomic mass is 10.0. The number of allylic oxidation sites excluding steroid dienone is 2. The van der Waals surface area contributed by atoms with Crippen molar-refractivity contribution in [1.82, 2.24) is 14.4 Å². The van der Waals surface area contributed by atoms with Crippen molar-refractivity contribution in [2.24, 2.45) is 10.2 Å². The smallest absolute Gasteiger partial charge is 0.254 e. The molecule has 222 valence electrons. The number of anilines is 1. The second-order valence-corrected chi connectivity index (χ2v) is 10.6. The summed E-state index contributed by atoms with van der Waals surface area (Å²) in [4.78, 5) is 54.9. The van der Waals surface area contributed by atoms with Gasteiger partial charge in [0.2, 0.25) is 11.8 Å². The van der Waals surface area contributed by atoms with Gasteiger partial charge in [-0.25, -0.2) is 4.39 Å². The highest BCUT2D eigenvalue weighted by molar-refractivity contribution is 6.08. The third kappa shape index (κ3) is 5.75. The quantitative estimate of drug-likeness (QED) is 0.216. The van der Waals surface area contributed by atoms with E-state index in [0.29, 0.717) is 46.4 Å². The van der Waals surface area contributed by atoms with Crippen LogP contribution < -0.4 is 5.32 Å². The first-order chi connectivity index (χ1) is 20.6. The van der Waals surface area contributed by atoms with Crippen molar-refractivity contribution in [3.63, 3.8) is 0 Å². The Bertz CT molecular complexity index is 1710. The van der Waals surface area contributed by atoms with Gasteiger partial charge in [-0.15, -0.1) is 0 Å². The number of benzene rings is 2. The number of amides is 3. The van der Waals surface area contributed by atoms with Crippen LogP contribution in [0, 0.1) is 0 Å². The second-order valence-electron chi connectivity index (χ2n) is 10.6. The van der Waals surface area contributed by atoms with Crippen LogP contribution in [0.15, 0.2) is 71.7 Å². The van der Waals surface area contributed by atoms with E-state index >= 15 is 0 Å². The van der Waals surface area contributed by atoms with Gasteiger partial charge in [0.05, 0.1) is 12.7 Å². The Morgan fingerprint density at radius 2 is 1.98 bits per heavy atom. The molecular formula is C32H33FN6O4. The molecule has 0 saturated carbocycles. The van der Waals surface area contributed by atoms with Gasteiger partial charge in [-0.3, -0.25) is 19.2 Å². The highest BCUT2D eigenvalue weighted by atomic mass is 19.1. The molecule has 2 aliphatic heterocycles. The van der Waals surface area contributed by atoms with E-state index in [2.05, 4.69) is 22.1 Å². The zero-order chi connectivity index (χ0) is 30.8. The molecule has 0 unspecified atom stereocenters. The zero-order valence-corrected chi connectivity index (χ0v) is 24.3. The normalized spacial score (nSPS) is 18.5. The molecular weight excluding hydrogens is 551 g/mol. The largest absolute Gasteiger partial charge is 0.337 e. The summed E-state index contributed by atoms with van der Waals surface area (Å²) in [6.45, 7) is 7.87. The van der Waals surface area contributed by atoms with Crippen molar-refractivity contribution in [1.29, 1.82) is 0 Å². The molecule has 1 saturated heterocycles. The SMILES string of the molecule is C=C/C(=C\N=NC)c1ccc2c(c1)c(C(C)=O)cn2CC(=O)N1C[C@H](F)C[C@H]1C(=O)Nc1ccc2c(c1)C(=O)N(CC)C2. The van der Waals surface area contributed by atoms with Gasteiger partial charge < -0.3 is 19.7 Å².